The van der Waals surface area contributed by atoms with Crippen molar-refractivity contribution in [1.82, 2.24) is 15.1 Å². The zero-order valence-corrected chi connectivity index (χ0v) is 15.9. The van der Waals surface area contributed by atoms with E-state index < -0.39 is 0 Å². The summed E-state index contributed by atoms with van der Waals surface area (Å²) in [6, 6.07) is 14.9. The fourth-order valence-electron chi connectivity index (χ4n) is 3.06. The Balaban J connectivity index is 1.41. The molecule has 1 aromatic heterocycles. The van der Waals surface area contributed by atoms with Crippen LogP contribution in [0.1, 0.15) is 35.3 Å². The van der Waals surface area contributed by atoms with Gasteiger partial charge in [0.05, 0.1) is 11.3 Å². The Morgan fingerprint density at radius 1 is 1.11 bits per heavy atom. The first-order valence-electron chi connectivity index (χ1n) is 9.38. The van der Waals surface area contributed by atoms with Crippen LogP contribution in [0.15, 0.2) is 54.6 Å². The molecular formula is C22H24FN3O2. The smallest absolute Gasteiger partial charge is 0.257 e. The normalized spacial score (nSPS) is 10.8. The zero-order chi connectivity index (χ0) is 19.9. The molecule has 5 nitrogen and oxygen atoms in total. The molecule has 0 atom stereocenters. The van der Waals surface area contributed by atoms with Crippen molar-refractivity contribution in [2.75, 3.05) is 13.6 Å². The first kappa shape index (κ1) is 19.6. The summed E-state index contributed by atoms with van der Waals surface area (Å²) in [7, 11) is 1.75. The Bertz CT molecular complexity index is 922. The number of aromatic amines is 1. The Hall–Kier alpha value is -3.15. The second-order valence-corrected chi connectivity index (χ2v) is 6.84. The molecule has 146 valence electrons. The molecule has 2 aromatic carbocycles. The number of H-pyrrole nitrogens is 1. The highest BCUT2D eigenvalue weighted by Gasteiger charge is 2.14. The third-order valence-corrected chi connectivity index (χ3v) is 4.69. The molecule has 28 heavy (non-hydrogen) atoms. The molecular weight excluding hydrogens is 357 g/mol. The van der Waals surface area contributed by atoms with Crippen LogP contribution in [0.2, 0.25) is 0 Å². The van der Waals surface area contributed by atoms with E-state index >= 15 is 0 Å². The first-order chi connectivity index (χ1) is 13.5. The zero-order valence-electron chi connectivity index (χ0n) is 15.9. The Morgan fingerprint density at radius 3 is 2.61 bits per heavy atom. The van der Waals surface area contributed by atoms with Crippen LogP contribution < -0.4 is 0 Å². The molecule has 6 heteroatoms. The molecule has 0 unspecified atom stereocenters. The number of aromatic hydroxyl groups is 1. The molecule has 0 radical (unpaired) electrons. The summed E-state index contributed by atoms with van der Waals surface area (Å²) in [5, 5.41) is 17.1. The number of nitrogens with zero attached hydrogens (tertiary/aromatic N) is 2. The Kier molecular flexibility index (Phi) is 6.42. The van der Waals surface area contributed by atoms with Gasteiger partial charge in [-0.25, -0.2) is 4.39 Å². The minimum atomic E-state index is -0.259. The summed E-state index contributed by atoms with van der Waals surface area (Å²) in [6.07, 6.45) is 3.70. The molecule has 0 saturated carbocycles. The lowest BCUT2D eigenvalue weighted by atomic mass is 10.1. The van der Waals surface area contributed by atoms with Crippen molar-refractivity contribution in [2.24, 2.45) is 0 Å². The standard InChI is InChI=1S/C22H24FN3O2/c1-26(22(28)19-8-4-5-9-21(19)27)14-6-2-3-7-18-15-20(25-24-18)16-10-12-17(23)13-11-16/h4-5,8-13,15,27H,2-3,6-7,14H2,1H3,(H,24,25). The predicted molar refractivity (Wildman–Crippen MR) is 107 cm³/mol. The molecule has 0 fully saturated rings. The average Bonchev–Trinajstić information content (AvgIpc) is 3.17. The molecule has 0 saturated heterocycles. The number of benzene rings is 2. The molecule has 1 amide bonds. The van der Waals surface area contributed by atoms with Gasteiger partial charge in [0, 0.05) is 24.8 Å². The lowest BCUT2D eigenvalue weighted by Crippen LogP contribution is -2.27. The van der Waals surface area contributed by atoms with E-state index in [1.807, 2.05) is 6.07 Å². The summed E-state index contributed by atoms with van der Waals surface area (Å²) in [5.74, 6) is -0.420. The molecule has 0 aliphatic heterocycles. The van der Waals surface area contributed by atoms with Gasteiger partial charge in [-0.15, -0.1) is 0 Å². The number of hydrogen-bond donors (Lipinski definition) is 2. The number of rotatable bonds is 8. The maximum absolute atomic E-state index is 13.0. The van der Waals surface area contributed by atoms with Gasteiger partial charge in [-0.3, -0.25) is 9.89 Å². The largest absolute Gasteiger partial charge is 0.507 e. The van der Waals surface area contributed by atoms with Crippen molar-refractivity contribution in [1.29, 1.82) is 0 Å². The highest BCUT2D eigenvalue weighted by molar-refractivity contribution is 5.96. The van der Waals surface area contributed by atoms with E-state index in [0.717, 1.165) is 42.6 Å². The van der Waals surface area contributed by atoms with Crippen molar-refractivity contribution < 1.29 is 14.3 Å². The van der Waals surface area contributed by atoms with Crippen LogP contribution in [0.5, 0.6) is 5.75 Å². The topological polar surface area (TPSA) is 69.2 Å². The summed E-state index contributed by atoms with van der Waals surface area (Å²) in [6.45, 7) is 0.636. The number of halogens is 1. The Labute approximate surface area is 163 Å². The van der Waals surface area contributed by atoms with E-state index in [2.05, 4.69) is 10.2 Å². The van der Waals surface area contributed by atoms with Crippen molar-refractivity contribution in [3.63, 3.8) is 0 Å². The van der Waals surface area contributed by atoms with E-state index in [9.17, 15) is 14.3 Å². The quantitative estimate of drug-likeness (QED) is 0.568. The van der Waals surface area contributed by atoms with E-state index in [4.69, 9.17) is 0 Å². The van der Waals surface area contributed by atoms with Crippen LogP contribution in [0.3, 0.4) is 0 Å². The molecule has 3 rings (SSSR count). The lowest BCUT2D eigenvalue weighted by molar-refractivity contribution is 0.0789. The maximum atomic E-state index is 13.0. The first-order valence-corrected chi connectivity index (χ1v) is 9.38. The van der Waals surface area contributed by atoms with Gasteiger partial charge >= 0.3 is 0 Å². The summed E-state index contributed by atoms with van der Waals surface area (Å²) < 4.78 is 13.0. The number of amides is 1. The molecule has 3 aromatic rings. The summed E-state index contributed by atoms with van der Waals surface area (Å²) in [4.78, 5) is 14.0. The summed E-state index contributed by atoms with van der Waals surface area (Å²) in [5.41, 5.74) is 3.06. The fourth-order valence-corrected chi connectivity index (χ4v) is 3.06. The number of para-hydroxylation sites is 1. The van der Waals surface area contributed by atoms with E-state index in [1.54, 1.807) is 42.3 Å². The number of phenols is 1. The van der Waals surface area contributed by atoms with Gasteiger partial charge in [-0.05, 0) is 61.7 Å². The van der Waals surface area contributed by atoms with Crippen molar-refractivity contribution >= 4 is 5.91 Å². The van der Waals surface area contributed by atoms with Gasteiger partial charge in [0.25, 0.3) is 5.91 Å². The van der Waals surface area contributed by atoms with Gasteiger partial charge in [0.1, 0.15) is 11.6 Å². The molecule has 0 spiro atoms. The minimum absolute atomic E-state index is 0.00977. The predicted octanol–water partition coefficient (Wildman–Crippen LogP) is 4.41. The average molecular weight is 381 g/mol. The van der Waals surface area contributed by atoms with Crippen LogP contribution in [0.25, 0.3) is 11.3 Å². The number of phenolic OH excluding ortho intramolecular Hbond substituents is 1. The van der Waals surface area contributed by atoms with Crippen LogP contribution in [-0.4, -0.2) is 39.7 Å². The van der Waals surface area contributed by atoms with Crippen LogP contribution >= 0.6 is 0 Å². The second kappa shape index (κ2) is 9.17. The molecule has 1 heterocycles. The number of hydrogen-bond acceptors (Lipinski definition) is 3. The van der Waals surface area contributed by atoms with Gasteiger partial charge in [0.2, 0.25) is 0 Å². The van der Waals surface area contributed by atoms with Gasteiger partial charge in [-0.2, -0.15) is 5.10 Å². The van der Waals surface area contributed by atoms with E-state index in [-0.39, 0.29) is 17.5 Å². The molecule has 0 bridgehead atoms. The van der Waals surface area contributed by atoms with Gasteiger partial charge in [0.15, 0.2) is 0 Å². The SMILES string of the molecule is CN(CCCCCc1cc(-c2ccc(F)cc2)n[nH]1)C(=O)c1ccccc1O. The van der Waals surface area contributed by atoms with Gasteiger partial charge in [-0.1, -0.05) is 18.6 Å². The number of carbonyl (C=O) groups excluding carboxylic acids is 1. The summed E-state index contributed by atoms with van der Waals surface area (Å²) >= 11 is 0. The third kappa shape index (κ3) is 4.97. The van der Waals surface area contributed by atoms with Crippen LogP contribution in [0, 0.1) is 5.82 Å². The van der Waals surface area contributed by atoms with Gasteiger partial charge < -0.3 is 10.0 Å². The minimum Gasteiger partial charge on any atom is -0.507 e. The van der Waals surface area contributed by atoms with Crippen molar-refractivity contribution in [3.8, 4) is 17.0 Å². The van der Waals surface area contributed by atoms with E-state index in [0.29, 0.717) is 12.1 Å². The third-order valence-electron chi connectivity index (χ3n) is 4.69. The highest BCUT2D eigenvalue weighted by atomic mass is 19.1. The van der Waals surface area contributed by atoms with E-state index in [1.165, 1.54) is 18.2 Å². The number of unbranched alkanes of at least 4 members (excludes halogenated alkanes) is 2. The Morgan fingerprint density at radius 2 is 1.86 bits per heavy atom. The lowest BCUT2D eigenvalue weighted by Gasteiger charge is -2.17. The maximum Gasteiger partial charge on any atom is 0.257 e. The molecule has 0 aliphatic carbocycles. The van der Waals surface area contributed by atoms with Crippen molar-refractivity contribution in [3.05, 3.63) is 71.7 Å². The van der Waals surface area contributed by atoms with Crippen LogP contribution in [-0.2, 0) is 6.42 Å². The van der Waals surface area contributed by atoms with Crippen LogP contribution in [0.4, 0.5) is 4.39 Å². The number of aryl methyl sites for hydroxylation is 1. The van der Waals surface area contributed by atoms with Crippen molar-refractivity contribution in [2.45, 2.75) is 25.7 Å². The highest BCUT2D eigenvalue weighted by Crippen LogP contribution is 2.19. The number of carbonyl (C=O) groups is 1. The monoisotopic (exact) mass is 381 g/mol. The number of aromatic nitrogens is 2. The fraction of sp³-hybridized carbons (Fsp3) is 0.273. The number of nitrogens with one attached hydrogen (secondary N) is 1. The second-order valence-electron chi connectivity index (χ2n) is 6.84. The molecule has 2 N–H and O–H groups in total. The molecule has 0 aliphatic rings.